The molecular weight excluding hydrogens is 392 g/mol. The van der Waals surface area contributed by atoms with Crippen molar-refractivity contribution >= 4 is 17.5 Å². The summed E-state index contributed by atoms with van der Waals surface area (Å²) in [5.41, 5.74) is 2.67. The zero-order valence-electron chi connectivity index (χ0n) is 17.7. The number of nitrogens with one attached hydrogen (secondary N) is 1. The van der Waals surface area contributed by atoms with Crippen LogP contribution in [0.15, 0.2) is 54.6 Å². The molecule has 2 N–H and O–H groups in total. The third kappa shape index (κ3) is 5.32. The zero-order valence-corrected chi connectivity index (χ0v) is 17.7. The Bertz CT molecular complexity index is 880. The van der Waals surface area contributed by atoms with Crippen molar-refractivity contribution in [2.24, 2.45) is 5.92 Å². The van der Waals surface area contributed by atoms with Crippen LogP contribution < -0.4 is 5.32 Å². The number of morpholine rings is 1. The number of hydrogen-bond donors (Lipinski definition) is 2. The Morgan fingerprint density at radius 2 is 1.87 bits per heavy atom. The van der Waals surface area contributed by atoms with Crippen LogP contribution in [0.4, 0.5) is 5.69 Å². The quantitative estimate of drug-likeness (QED) is 0.684. The van der Waals surface area contributed by atoms with Gasteiger partial charge in [0.25, 0.3) is 0 Å². The van der Waals surface area contributed by atoms with E-state index in [2.05, 4.69) is 17.4 Å². The summed E-state index contributed by atoms with van der Waals surface area (Å²) >= 11 is 0. The monoisotopic (exact) mass is 422 g/mol. The average molecular weight is 423 g/mol. The molecule has 2 aliphatic rings. The molecule has 2 unspecified atom stereocenters. The Morgan fingerprint density at radius 1 is 1.13 bits per heavy atom. The number of aliphatic hydroxyl groups is 1. The van der Waals surface area contributed by atoms with Crippen LogP contribution >= 0.6 is 0 Å². The summed E-state index contributed by atoms with van der Waals surface area (Å²) in [6.45, 7) is 0.938. The molecule has 1 aliphatic heterocycles. The second-order valence-corrected chi connectivity index (χ2v) is 8.44. The molecule has 6 nitrogen and oxygen atoms in total. The Balaban J connectivity index is 1.37. The van der Waals surface area contributed by atoms with Crippen LogP contribution in [0.3, 0.4) is 0 Å². The van der Waals surface area contributed by atoms with E-state index in [-0.39, 0.29) is 24.3 Å². The Kier molecular flexibility index (Phi) is 6.99. The summed E-state index contributed by atoms with van der Waals surface area (Å²) in [4.78, 5) is 26.4. The maximum atomic E-state index is 12.5. The molecule has 31 heavy (non-hydrogen) atoms. The lowest BCUT2D eigenvalue weighted by Gasteiger charge is -2.38. The number of amides is 2. The standard InChI is InChI=1S/C25H30N2O4/c28-23-17-31-16-22(27(23)15-5-8-18-6-2-1-3-7-18)24(29)19-11-13-21(14-12-19)26-25(30)20-9-4-10-20/h1-3,6-7,11-14,20,22,24,29H,4-5,8-10,15-17H2,(H,26,30). The van der Waals surface area contributed by atoms with Crippen molar-refractivity contribution in [1.29, 1.82) is 0 Å². The Hall–Kier alpha value is -2.70. The number of anilines is 1. The lowest BCUT2D eigenvalue weighted by Crippen LogP contribution is -2.52. The number of ether oxygens (including phenoxy) is 1. The third-order valence-electron chi connectivity index (χ3n) is 6.30. The Morgan fingerprint density at radius 3 is 2.55 bits per heavy atom. The maximum absolute atomic E-state index is 12.5. The number of aryl methyl sites for hydroxylation is 1. The number of carbonyl (C=O) groups excluding carboxylic acids is 2. The second kappa shape index (κ2) is 10.1. The minimum absolute atomic E-state index is 0.0562. The first-order valence-corrected chi connectivity index (χ1v) is 11.1. The molecule has 6 heteroatoms. The second-order valence-electron chi connectivity index (χ2n) is 8.44. The fourth-order valence-electron chi connectivity index (χ4n) is 4.18. The van der Waals surface area contributed by atoms with Crippen molar-refractivity contribution in [1.82, 2.24) is 4.90 Å². The van der Waals surface area contributed by atoms with E-state index in [1.165, 1.54) is 5.56 Å². The van der Waals surface area contributed by atoms with Crippen molar-refractivity contribution in [3.63, 3.8) is 0 Å². The van der Waals surface area contributed by atoms with Gasteiger partial charge in [0.2, 0.25) is 11.8 Å². The number of benzene rings is 2. The van der Waals surface area contributed by atoms with Crippen molar-refractivity contribution < 1.29 is 19.4 Å². The highest BCUT2D eigenvalue weighted by Crippen LogP contribution is 2.29. The summed E-state index contributed by atoms with van der Waals surface area (Å²) in [6, 6.07) is 17.0. The molecule has 1 aliphatic carbocycles. The Labute approximate surface area is 183 Å². The first-order chi connectivity index (χ1) is 15.1. The normalized spacial score (nSPS) is 20.2. The molecule has 0 radical (unpaired) electrons. The molecule has 2 aromatic rings. The molecule has 164 valence electrons. The number of aliphatic hydroxyl groups excluding tert-OH is 1. The fourth-order valence-corrected chi connectivity index (χ4v) is 4.18. The van der Waals surface area contributed by atoms with Gasteiger partial charge in [0.15, 0.2) is 0 Å². The smallest absolute Gasteiger partial charge is 0.248 e. The molecular formula is C25H30N2O4. The molecule has 0 aromatic heterocycles. The summed E-state index contributed by atoms with van der Waals surface area (Å²) in [7, 11) is 0. The lowest BCUT2D eigenvalue weighted by atomic mass is 9.85. The predicted molar refractivity (Wildman–Crippen MR) is 118 cm³/mol. The lowest BCUT2D eigenvalue weighted by molar-refractivity contribution is -0.154. The molecule has 2 aromatic carbocycles. The van der Waals surface area contributed by atoms with Crippen LogP contribution in [0.5, 0.6) is 0 Å². The van der Waals surface area contributed by atoms with E-state index in [1.807, 2.05) is 30.3 Å². The first kappa shape index (κ1) is 21.5. The van der Waals surface area contributed by atoms with E-state index in [1.54, 1.807) is 17.0 Å². The topological polar surface area (TPSA) is 78.9 Å². The molecule has 4 rings (SSSR count). The van der Waals surface area contributed by atoms with Gasteiger partial charge in [0.05, 0.1) is 12.6 Å². The van der Waals surface area contributed by atoms with Gasteiger partial charge in [-0.05, 0) is 48.9 Å². The third-order valence-corrected chi connectivity index (χ3v) is 6.30. The highest BCUT2D eigenvalue weighted by atomic mass is 16.5. The van der Waals surface area contributed by atoms with Crippen molar-refractivity contribution in [2.75, 3.05) is 25.1 Å². The van der Waals surface area contributed by atoms with Crippen molar-refractivity contribution in [3.05, 3.63) is 65.7 Å². The number of carbonyl (C=O) groups is 2. The molecule has 1 saturated carbocycles. The highest BCUT2D eigenvalue weighted by molar-refractivity contribution is 5.93. The molecule has 2 atom stereocenters. The molecule has 2 amide bonds. The zero-order chi connectivity index (χ0) is 21.6. The van der Waals surface area contributed by atoms with Crippen LogP contribution in [0, 0.1) is 5.92 Å². The van der Waals surface area contributed by atoms with Gasteiger partial charge in [0, 0.05) is 18.2 Å². The van der Waals surface area contributed by atoms with Gasteiger partial charge in [-0.25, -0.2) is 0 Å². The summed E-state index contributed by atoms with van der Waals surface area (Å²) in [5.74, 6) is 0.100. The van der Waals surface area contributed by atoms with Crippen molar-refractivity contribution in [2.45, 2.75) is 44.2 Å². The van der Waals surface area contributed by atoms with E-state index in [9.17, 15) is 14.7 Å². The van der Waals surface area contributed by atoms with Crippen LogP contribution in [0.2, 0.25) is 0 Å². The van der Waals surface area contributed by atoms with Gasteiger partial charge in [-0.1, -0.05) is 48.9 Å². The van der Waals surface area contributed by atoms with Crippen LogP contribution in [-0.2, 0) is 20.7 Å². The average Bonchev–Trinajstić information content (AvgIpc) is 2.74. The van der Waals surface area contributed by atoms with E-state index in [0.29, 0.717) is 18.7 Å². The maximum Gasteiger partial charge on any atom is 0.248 e. The molecule has 0 spiro atoms. The van der Waals surface area contributed by atoms with Gasteiger partial charge in [-0.3, -0.25) is 9.59 Å². The van der Waals surface area contributed by atoms with Crippen LogP contribution in [-0.4, -0.2) is 47.6 Å². The van der Waals surface area contributed by atoms with E-state index in [4.69, 9.17) is 4.74 Å². The summed E-state index contributed by atoms with van der Waals surface area (Å²) in [5, 5.41) is 13.9. The van der Waals surface area contributed by atoms with E-state index >= 15 is 0 Å². The molecule has 2 fully saturated rings. The molecule has 1 saturated heterocycles. The minimum atomic E-state index is -0.850. The van der Waals surface area contributed by atoms with Gasteiger partial charge in [0.1, 0.15) is 12.7 Å². The van der Waals surface area contributed by atoms with Gasteiger partial charge < -0.3 is 20.1 Å². The van der Waals surface area contributed by atoms with E-state index < -0.39 is 12.1 Å². The first-order valence-electron chi connectivity index (χ1n) is 11.1. The molecule has 1 heterocycles. The largest absolute Gasteiger partial charge is 0.386 e. The number of rotatable bonds is 8. The van der Waals surface area contributed by atoms with Gasteiger partial charge >= 0.3 is 0 Å². The van der Waals surface area contributed by atoms with Gasteiger partial charge in [-0.15, -0.1) is 0 Å². The highest BCUT2D eigenvalue weighted by Gasteiger charge is 2.34. The minimum Gasteiger partial charge on any atom is -0.386 e. The van der Waals surface area contributed by atoms with Gasteiger partial charge in [-0.2, -0.15) is 0 Å². The van der Waals surface area contributed by atoms with Crippen LogP contribution in [0.25, 0.3) is 0 Å². The summed E-state index contributed by atoms with van der Waals surface area (Å²) in [6.07, 6.45) is 3.89. The summed E-state index contributed by atoms with van der Waals surface area (Å²) < 4.78 is 5.45. The number of nitrogens with zero attached hydrogens (tertiary/aromatic N) is 1. The molecule has 0 bridgehead atoms. The SMILES string of the molecule is O=C(Nc1ccc(C(O)C2COCC(=O)N2CCCc2ccccc2)cc1)C1CCC1. The van der Waals surface area contributed by atoms with E-state index in [0.717, 1.165) is 37.8 Å². The number of hydrogen-bond acceptors (Lipinski definition) is 4. The van der Waals surface area contributed by atoms with Crippen LogP contribution in [0.1, 0.15) is 42.9 Å². The predicted octanol–water partition coefficient (Wildman–Crippen LogP) is 3.32. The fraction of sp³-hybridized carbons (Fsp3) is 0.440. The van der Waals surface area contributed by atoms with Crippen molar-refractivity contribution in [3.8, 4) is 0 Å².